The smallest absolute Gasteiger partial charge is 0.343 e. The molecule has 0 saturated carbocycles. The molecule has 0 saturated heterocycles. The van der Waals surface area contributed by atoms with Gasteiger partial charge in [-0.2, -0.15) is 0 Å². The number of hydrogen-bond donors (Lipinski definition) is 0. The Morgan fingerprint density at radius 2 is 1.83 bits per heavy atom. The molecule has 0 aliphatic carbocycles. The molecule has 3 aromatic carbocycles. The highest BCUT2D eigenvalue weighted by molar-refractivity contribution is 6.15. The van der Waals surface area contributed by atoms with Crippen molar-refractivity contribution in [3.63, 3.8) is 0 Å². The van der Waals surface area contributed by atoms with E-state index in [9.17, 15) is 14.0 Å². The summed E-state index contributed by atoms with van der Waals surface area (Å²) in [5.74, 6) is 0.0568. The zero-order valence-electron chi connectivity index (χ0n) is 16.3. The van der Waals surface area contributed by atoms with Crippen molar-refractivity contribution in [2.45, 2.75) is 6.92 Å². The summed E-state index contributed by atoms with van der Waals surface area (Å²) in [7, 11) is 1.54. The Bertz CT molecular complexity index is 1180. The van der Waals surface area contributed by atoms with Gasteiger partial charge in [-0.3, -0.25) is 4.79 Å². The molecule has 0 spiro atoms. The summed E-state index contributed by atoms with van der Waals surface area (Å²) >= 11 is 0. The maximum Gasteiger partial charge on any atom is 0.343 e. The van der Waals surface area contributed by atoms with Crippen LogP contribution in [0.25, 0.3) is 6.08 Å². The van der Waals surface area contributed by atoms with Crippen LogP contribution in [-0.4, -0.2) is 18.9 Å². The molecule has 150 valence electrons. The lowest BCUT2D eigenvalue weighted by Gasteiger charge is -2.10. The molecular formula is C24H17FO5. The monoisotopic (exact) mass is 404 g/mol. The highest BCUT2D eigenvalue weighted by atomic mass is 19.1. The lowest BCUT2D eigenvalue weighted by Crippen LogP contribution is -2.09. The van der Waals surface area contributed by atoms with Crippen LogP contribution in [0.1, 0.15) is 31.8 Å². The third-order valence-electron chi connectivity index (χ3n) is 4.71. The largest absolute Gasteiger partial charge is 0.497 e. The van der Waals surface area contributed by atoms with E-state index in [1.54, 1.807) is 62.6 Å². The standard InChI is InChI=1S/C24H17FO5/c1-14-20(30-24(27)16-6-8-18(28-2)9-7-16)11-10-19-22(26)21(29-23(14)19)13-15-4-3-5-17(25)12-15/h3-13H,1-2H3/b21-13-. The summed E-state index contributed by atoms with van der Waals surface area (Å²) < 4.78 is 29.7. The van der Waals surface area contributed by atoms with Crippen molar-refractivity contribution in [1.29, 1.82) is 0 Å². The minimum atomic E-state index is -0.541. The summed E-state index contributed by atoms with van der Waals surface area (Å²) in [4.78, 5) is 25.1. The SMILES string of the molecule is COc1ccc(C(=O)Oc2ccc3c(c2C)O/C(=C\c2cccc(F)c2)C3=O)cc1. The average Bonchev–Trinajstić information content (AvgIpc) is 3.06. The summed E-state index contributed by atoms with van der Waals surface area (Å²) in [5.41, 5.74) is 1.75. The first kappa shape index (κ1) is 19.4. The van der Waals surface area contributed by atoms with Crippen LogP contribution in [-0.2, 0) is 0 Å². The van der Waals surface area contributed by atoms with Crippen LogP contribution in [0.3, 0.4) is 0 Å². The number of ether oxygens (including phenoxy) is 3. The fourth-order valence-corrected chi connectivity index (χ4v) is 3.11. The number of methoxy groups -OCH3 is 1. The van der Waals surface area contributed by atoms with Gasteiger partial charge >= 0.3 is 5.97 Å². The Labute approximate surface area is 172 Å². The number of halogens is 1. The van der Waals surface area contributed by atoms with Crippen LogP contribution in [0.15, 0.2) is 66.4 Å². The molecule has 0 bridgehead atoms. The van der Waals surface area contributed by atoms with E-state index in [1.807, 2.05) is 0 Å². The van der Waals surface area contributed by atoms with Crippen LogP contribution >= 0.6 is 0 Å². The van der Waals surface area contributed by atoms with Crippen molar-refractivity contribution in [1.82, 2.24) is 0 Å². The molecule has 30 heavy (non-hydrogen) atoms. The lowest BCUT2D eigenvalue weighted by molar-refractivity contribution is 0.0733. The van der Waals surface area contributed by atoms with E-state index in [0.29, 0.717) is 33.8 Å². The Morgan fingerprint density at radius 1 is 1.07 bits per heavy atom. The van der Waals surface area contributed by atoms with Gasteiger partial charge < -0.3 is 14.2 Å². The number of rotatable bonds is 4. The Balaban J connectivity index is 1.59. The van der Waals surface area contributed by atoms with Gasteiger partial charge in [0.2, 0.25) is 5.78 Å². The van der Waals surface area contributed by atoms with Crippen LogP contribution < -0.4 is 14.2 Å². The van der Waals surface area contributed by atoms with Gasteiger partial charge in [-0.25, -0.2) is 9.18 Å². The molecule has 0 N–H and O–H groups in total. The van der Waals surface area contributed by atoms with E-state index < -0.39 is 11.8 Å². The number of carbonyl (C=O) groups is 2. The molecule has 0 radical (unpaired) electrons. The topological polar surface area (TPSA) is 61.8 Å². The molecule has 6 heteroatoms. The highest BCUT2D eigenvalue weighted by Crippen LogP contribution is 2.39. The quantitative estimate of drug-likeness (QED) is 0.349. The molecule has 1 aliphatic rings. The van der Waals surface area contributed by atoms with Crippen molar-refractivity contribution in [2.75, 3.05) is 7.11 Å². The number of benzene rings is 3. The first-order valence-electron chi connectivity index (χ1n) is 9.16. The minimum Gasteiger partial charge on any atom is -0.497 e. The predicted octanol–water partition coefficient (Wildman–Crippen LogP) is 4.98. The van der Waals surface area contributed by atoms with Crippen molar-refractivity contribution in [3.8, 4) is 17.2 Å². The normalized spacial score (nSPS) is 13.7. The summed E-state index contributed by atoms with van der Waals surface area (Å²) in [6.45, 7) is 1.70. The van der Waals surface area contributed by atoms with Gasteiger partial charge in [-0.05, 0) is 67.1 Å². The average molecular weight is 404 g/mol. The highest BCUT2D eigenvalue weighted by Gasteiger charge is 2.30. The molecule has 3 aromatic rings. The number of hydrogen-bond acceptors (Lipinski definition) is 5. The molecule has 1 heterocycles. The van der Waals surface area contributed by atoms with Crippen molar-refractivity contribution in [3.05, 3.63) is 94.5 Å². The zero-order valence-corrected chi connectivity index (χ0v) is 16.3. The van der Waals surface area contributed by atoms with E-state index in [2.05, 4.69) is 0 Å². The third kappa shape index (κ3) is 3.67. The molecule has 4 rings (SSSR count). The van der Waals surface area contributed by atoms with E-state index in [4.69, 9.17) is 14.2 Å². The Hall–Kier alpha value is -3.93. The van der Waals surface area contributed by atoms with E-state index in [1.165, 1.54) is 18.2 Å². The number of carbonyl (C=O) groups excluding carboxylic acids is 2. The number of Topliss-reactive ketones (excluding diaryl/α,β-unsaturated/α-hetero) is 1. The molecule has 0 fully saturated rings. The van der Waals surface area contributed by atoms with Crippen molar-refractivity contribution >= 4 is 17.8 Å². The second kappa shape index (κ2) is 7.83. The second-order valence-corrected chi connectivity index (χ2v) is 6.68. The molecule has 0 aromatic heterocycles. The Morgan fingerprint density at radius 3 is 2.53 bits per heavy atom. The number of esters is 1. The van der Waals surface area contributed by atoms with Gasteiger partial charge in [0.1, 0.15) is 23.1 Å². The van der Waals surface area contributed by atoms with Gasteiger partial charge in [-0.1, -0.05) is 12.1 Å². The first-order chi connectivity index (χ1) is 14.5. The van der Waals surface area contributed by atoms with Crippen molar-refractivity contribution in [2.24, 2.45) is 0 Å². The van der Waals surface area contributed by atoms with Gasteiger partial charge in [0.25, 0.3) is 0 Å². The van der Waals surface area contributed by atoms with E-state index in [0.717, 1.165) is 0 Å². The molecule has 5 nitrogen and oxygen atoms in total. The van der Waals surface area contributed by atoms with Gasteiger partial charge in [-0.15, -0.1) is 0 Å². The van der Waals surface area contributed by atoms with Gasteiger partial charge in [0, 0.05) is 5.56 Å². The Kier molecular flexibility index (Phi) is 5.06. The number of allylic oxidation sites excluding steroid dienone is 1. The molecule has 0 amide bonds. The summed E-state index contributed by atoms with van der Waals surface area (Å²) in [5, 5.41) is 0. The number of fused-ring (bicyclic) bond motifs is 1. The maximum atomic E-state index is 13.4. The van der Waals surface area contributed by atoms with Crippen LogP contribution in [0.5, 0.6) is 17.2 Å². The van der Waals surface area contributed by atoms with Crippen LogP contribution in [0.2, 0.25) is 0 Å². The lowest BCUT2D eigenvalue weighted by atomic mass is 10.1. The fourth-order valence-electron chi connectivity index (χ4n) is 3.11. The summed E-state index contributed by atoms with van der Waals surface area (Å²) in [6, 6.07) is 15.5. The maximum absolute atomic E-state index is 13.4. The molecule has 1 aliphatic heterocycles. The van der Waals surface area contributed by atoms with Gasteiger partial charge in [0.05, 0.1) is 18.2 Å². The fraction of sp³-hybridized carbons (Fsp3) is 0.0833. The van der Waals surface area contributed by atoms with E-state index in [-0.39, 0.29) is 17.3 Å². The van der Waals surface area contributed by atoms with Crippen LogP contribution in [0.4, 0.5) is 4.39 Å². The summed E-state index contributed by atoms with van der Waals surface area (Å²) in [6.07, 6.45) is 1.48. The molecule has 0 atom stereocenters. The minimum absolute atomic E-state index is 0.0809. The molecule has 0 unspecified atom stereocenters. The third-order valence-corrected chi connectivity index (χ3v) is 4.71. The first-order valence-corrected chi connectivity index (χ1v) is 9.16. The molecular weight excluding hydrogens is 387 g/mol. The predicted molar refractivity (Wildman–Crippen MR) is 108 cm³/mol. The van der Waals surface area contributed by atoms with Crippen molar-refractivity contribution < 1.29 is 28.2 Å². The van der Waals surface area contributed by atoms with Crippen LogP contribution in [0, 0.1) is 12.7 Å². The van der Waals surface area contributed by atoms with Gasteiger partial charge in [0.15, 0.2) is 5.76 Å². The number of ketones is 1. The van der Waals surface area contributed by atoms with E-state index >= 15 is 0 Å². The second-order valence-electron chi connectivity index (χ2n) is 6.68. The zero-order chi connectivity index (χ0) is 21.3.